The van der Waals surface area contributed by atoms with Gasteiger partial charge >= 0.3 is 0 Å². The number of amides is 1. The number of nitrogens with one attached hydrogen (secondary N) is 2. The average molecular weight is 285 g/mol. The lowest BCUT2D eigenvalue weighted by Gasteiger charge is -2.07. The molecule has 1 aromatic carbocycles. The fraction of sp³-hybridized carbons (Fsp3) is 0.250. The van der Waals surface area contributed by atoms with E-state index in [1.807, 2.05) is 25.1 Å². The molecule has 3 N–H and O–H groups in total. The second kappa shape index (κ2) is 7.28. The monoisotopic (exact) mass is 285 g/mol. The number of anilines is 1. The molecule has 2 rings (SSSR count). The van der Waals surface area contributed by atoms with Crippen molar-refractivity contribution in [3.8, 4) is 5.75 Å². The lowest BCUT2D eigenvalue weighted by molar-refractivity contribution is 0.0949. The van der Waals surface area contributed by atoms with E-state index in [0.717, 1.165) is 12.1 Å². The molecule has 5 heteroatoms. The summed E-state index contributed by atoms with van der Waals surface area (Å²) in [7, 11) is 0. The highest BCUT2D eigenvalue weighted by atomic mass is 16.3. The number of nitrogens with zero attached hydrogens (tertiary/aromatic N) is 1. The molecule has 0 atom stereocenters. The summed E-state index contributed by atoms with van der Waals surface area (Å²) >= 11 is 0. The SMILES string of the molecule is CCNc1cccc(C(=O)NCCc2ccc(O)cc2)n1. The van der Waals surface area contributed by atoms with Crippen molar-refractivity contribution < 1.29 is 9.90 Å². The molecular weight excluding hydrogens is 266 g/mol. The molecule has 0 aliphatic carbocycles. The number of aromatic nitrogens is 1. The van der Waals surface area contributed by atoms with Gasteiger partial charge in [-0.15, -0.1) is 0 Å². The maximum Gasteiger partial charge on any atom is 0.269 e. The summed E-state index contributed by atoms with van der Waals surface area (Å²) in [6.07, 6.45) is 0.707. The van der Waals surface area contributed by atoms with Crippen molar-refractivity contribution >= 4 is 11.7 Å². The lowest BCUT2D eigenvalue weighted by atomic mass is 10.1. The Balaban J connectivity index is 1.86. The Bertz CT molecular complexity index is 597. The molecule has 0 fully saturated rings. The predicted molar refractivity (Wildman–Crippen MR) is 82.5 cm³/mol. The molecular formula is C16H19N3O2. The average Bonchev–Trinajstić information content (AvgIpc) is 2.50. The highest BCUT2D eigenvalue weighted by Crippen LogP contribution is 2.09. The van der Waals surface area contributed by atoms with Crippen LogP contribution in [0.1, 0.15) is 23.0 Å². The third-order valence-electron chi connectivity index (χ3n) is 2.98. The van der Waals surface area contributed by atoms with Gasteiger partial charge in [0.15, 0.2) is 0 Å². The van der Waals surface area contributed by atoms with Gasteiger partial charge < -0.3 is 15.7 Å². The second-order valence-corrected chi connectivity index (χ2v) is 4.61. The van der Waals surface area contributed by atoms with Crippen LogP contribution in [0.5, 0.6) is 5.75 Å². The molecule has 0 radical (unpaired) electrons. The Hall–Kier alpha value is -2.56. The van der Waals surface area contributed by atoms with E-state index in [1.54, 1.807) is 24.3 Å². The number of phenolic OH excluding ortho intramolecular Hbond substituents is 1. The highest BCUT2D eigenvalue weighted by molar-refractivity contribution is 5.92. The Morgan fingerprint density at radius 2 is 1.95 bits per heavy atom. The smallest absolute Gasteiger partial charge is 0.269 e. The van der Waals surface area contributed by atoms with Crippen LogP contribution in [-0.2, 0) is 6.42 Å². The first-order chi connectivity index (χ1) is 10.2. The molecule has 0 bridgehead atoms. The quantitative estimate of drug-likeness (QED) is 0.760. The molecule has 0 spiro atoms. The van der Waals surface area contributed by atoms with Gasteiger partial charge in [-0.1, -0.05) is 18.2 Å². The van der Waals surface area contributed by atoms with Gasteiger partial charge in [0.2, 0.25) is 0 Å². The van der Waals surface area contributed by atoms with Crippen molar-refractivity contribution in [2.45, 2.75) is 13.3 Å². The minimum atomic E-state index is -0.187. The number of hydrogen-bond acceptors (Lipinski definition) is 4. The summed E-state index contributed by atoms with van der Waals surface area (Å²) in [6, 6.07) is 12.3. The maximum absolute atomic E-state index is 12.0. The van der Waals surface area contributed by atoms with Gasteiger partial charge in [-0.05, 0) is 43.2 Å². The number of pyridine rings is 1. The van der Waals surface area contributed by atoms with Gasteiger partial charge in [0.1, 0.15) is 17.3 Å². The third kappa shape index (κ3) is 4.49. The number of rotatable bonds is 6. The van der Waals surface area contributed by atoms with E-state index in [-0.39, 0.29) is 11.7 Å². The zero-order valence-electron chi connectivity index (χ0n) is 12.0. The van der Waals surface area contributed by atoms with Crippen molar-refractivity contribution in [2.75, 3.05) is 18.4 Å². The first-order valence-corrected chi connectivity index (χ1v) is 6.96. The molecule has 0 aliphatic rings. The van der Waals surface area contributed by atoms with Crippen molar-refractivity contribution in [3.63, 3.8) is 0 Å². The molecule has 1 heterocycles. The summed E-state index contributed by atoms with van der Waals surface area (Å²) in [5.41, 5.74) is 1.46. The van der Waals surface area contributed by atoms with Gasteiger partial charge in [0.25, 0.3) is 5.91 Å². The van der Waals surface area contributed by atoms with E-state index in [4.69, 9.17) is 0 Å². The van der Waals surface area contributed by atoms with E-state index in [2.05, 4.69) is 15.6 Å². The maximum atomic E-state index is 12.0. The molecule has 1 amide bonds. The van der Waals surface area contributed by atoms with Crippen LogP contribution in [-0.4, -0.2) is 29.1 Å². The van der Waals surface area contributed by atoms with Crippen LogP contribution in [0, 0.1) is 0 Å². The zero-order chi connectivity index (χ0) is 15.1. The molecule has 0 unspecified atom stereocenters. The Morgan fingerprint density at radius 3 is 2.67 bits per heavy atom. The largest absolute Gasteiger partial charge is 0.508 e. The highest BCUT2D eigenvalue weighted by Gasteiger charge is 2.07. The van der Waals surface area contributed by atoms with Gasteiger partial charge in [-0.2, -0.15) is 0 Å². The lowest BCUT2D eigenvalue weighted by Crippen LogP contribution is -2.26. The van der Waals surface area contributed by atoms with E-state index >= 15 is 0 Å². The summed E-state index contributed by atoms with van der Waals surface area (Å²) < 4.78 is 0. The van der Waals surface area contributed by atoms with E-state index in [9.17, 15) is 9.90 Å². The fourth-order valence-electron chi connectivity index (χ4n) is 1.91. The van der Waals surface area contributed by atoms with E-state index in [1.165, 1.54) is 0 Å². The van der Waals surface area contributed by atoms with Crippen molar-refractivity contribution in [1.82, 2.24) is 10.3 Å². The zero-order valence-corrected chi connectivity index (χ0v) is 12.0. The fourth-order valence-corrected chi connectivity index (χ4v) is 1.91. The number of phenols is 1. The summed E-state index contributed by atoms with van der Waals surface area (Å²) in [6.45, 7) is 3.27. The molecule has 2 aromatic rings. The van der Waals surface area contributed by atoms with Crippen LogP contribution >= 0.6 is 0 Å². The van der Waals surface area contributed by atoms with Crippen LogP contribution in [0.15, 0.2) is 42.5 Å². The predicted octanol–water partition coefficient (Wildman–Crippen LogP) is 2.19. The molecule has 1 aromatic heterocycles. The van der Waals surface area contributed by atoms with Crippen LogP contribution in [0.4, 0.5) is 5.82 Å². The van der Waals surface area contributed by atoms with Gasteiger partial charge in [0.05, 0.1) is 0 Å². The standard InChI is InChI=1S/C16H19N3O2/c1-2-17-15-5-3-4-14(19-15)16(21)18-11-10-12-6-8-13(20)9-7-12/h3-9,20H,2,10-11H2,1H3,(H,17,19)(H,18,21). The Labute approximate surface area is 124 Å². The number of hydrogen-bond donors (Lipinski definition) is 3. The Kier molecular flexibility index (Phi) is 5.15. The van der Waals surface area contributed by atoms with E-state index in [0.29, 0.717) is 24.5 Å². The first kappa shape index (κ1) is 14.8. The van der Waals surface area contributed by atoms with Crippen LogP contribution in [0.25, 0.3) is 0 Å². The summed E-state index contributed by atoms with van der Waals surface area (Å²) in [5.74, 6) is 0.754. The van der Waals surface area contributed by atoms with Crippen LogP contribution < -0.4 is 10.6 Å². The topological polar surface area (TPSA) is 74.2 Å². The molecule has 0 aliphatic heterocycles. The molecule has 110 valence electrons. The molecule has 0 saturated heterocycles. The summed E-state index contributed by atoms with van der Waals surface area (Å²) in [4.78, 5) is 16.2. The Morgan fingerprint density at radius 1 is 1.19 bits per heavy atom. The van der Waals surface area contributed by atoms with Crippen molar-refractivity contribution in [1.29, 1.82) is 0 Å². The minimum Gasteiger partial charge on any atom is -0.508 e. The van der Waals surface area contributed by atoms with Crippen molar-refractivity contribution in [2.24, 2.45) is 0 Å². The van der Waals surface area contributed by atoms with E-state index < -0.39 is 0 Å². The normalized spacial score (nSPS) is 10.1. The van der Waals surface area contributed by atoms with Gasteiger partial charge in [0, 0.05) is 13.1 Å². The number of carbonyl (C=O) groups is 1. The van der Waals surface area contributed by atoms with Crippen molar-refractivity contribution in [3.05, 3.63) is 53.7 Å². The first-order valence-electron chi connectivity index (χ1n) is 6.96. The summed E-state index contributed by atoms with van der Waals surface area (Å²) in [5, 5.41) is 15.1. The van der Waals surface area contributed by atoms with Crippen LogP contribution in [0.3, 0.4) is 0 Å². The van der Waals surface area contributed by atoms with Gasteiger partial charge in [-0.3, -0.25) is 4.79 Å². The van der Waals surface area contributed by atoms with Crippen LogP contribution in [0.2, 0.25) is 0 Å². The minimum absolute atomic E-state index is 0.187. The molecule has 21 heavy (non-hydrogen) atoms. The number of benzene rings is 1. The number of carbonyl (C=O) groups excluding carboxylic acids is 1. The molecule has 5 nitrogen and oxygen atoms in total. The number of aromatic hydroxyl groups is 1. The third-order valence-corrected chi connectivity index (χ3v) is 2.98. The van der Waals surface area contributed by atoms with Gasteiger partial charge in [-0.25, -0.2) is 4.98 Å². The second-order valence-electron chi connectivity index (χ2n) is 4.61. The molecule has 0 saturated carbocycles.